The average molecular weight is 508 g/mol. The third-order valence-electron chi connectivity index (χ3n) is 6.10. The molecule has 1 amide bonds. The Morgan fingerprint density at radius 3 is 2.43 bits per heavy atom. The van der Waals surface area contributed by atoms with E-state index < -0.39 is 0 Å². The van der Waals surface area contributed by atoms with Crippen LogP contribution in [0.15, 0.2) is 4.99 Å². The average Bonchev–Trinajstić information content (AvgIpc) is 3.01. The van der Waals surface area contributed by atoms with E-state index >= 15 is 0 Å². The van der Waals surface area contributed by atoms with E-state index in [0.29, 0.717) is 18.0 Å². The number of carbonyl (C=O) groups excluding carboxylic acids is 1. The van der Waals surface area contributed by atoms with Crippen molar-refractivity contribution in [3.63, 3.8) is 0 Å². The summed E-state index contributed by atoms with van der Waals surface area (Å²) in [7, 11) is 1.85. The fourth-order valence-electron chi connectivity index (χ4n) is 4.09. The van der Waals surface area contributed by atoms with E-state index in [4.69, 9.17) is 5.73 Å². The zero-order chi connectivity index (χ0) is 19.8. The van der Waals surface area contributed by atoms with Crippen molar-refractivity contribution in [3.8, 4) is 0 Å². The summed E-state index contributed by atoms with van der Waals surface area (Å²) in [6, 6.07) is 1.06. The normalized spacial score (nSPS) is 25.0. The smallest absolute Gasteiger partial charge is 0.220 e. The Balaban J connectivity index is 0.00000392. The Kier molecular flexibility index (Phi) is 11.7. The van der Waals surface area contributed by atoms with Crippen LogP contribution in [0.5, 0.6) is 0 Å². The van der Waals surface area contributed by atoms with Crippen molar-refractivity contribution in [2.75, 3.05) is 46.3 Å². The van der Waals surface area contributed by atoms with Gasteiger partial charge in [0.1, 0.15) is 0 Å². The van der Waals surface area contributed by atoms with Gasteiger partial charge in [-0.15, -0.1) is 24.0 Å². The SMILES string of the molecule is CN=C(NCCCCN1CCC(C(N)=O)CC1)NC1CN(C(C)C)CC1C.I. The lowest BCUT2D eigenvalue weighted by Crippen LogP contribution is -2.47. The van der Waals surface area contributed by atoms with Crippen molar-refractivity contribution < 1.29 is 4.79 Å². The highest BCUT2D eigenvalue weighted by Gasteiger charge is 2.31. The van der Waals surface area contributed by atoms with Gasteiger partial charge in [0, 0.05) is 44.7 Å². The van der Waals surface area contributed by atoms with Crippen molar-refractivity contribution >= 4 is 35.8 Å². The fraction of sp³-hybridized carbons (Fsp3) is 0.900. The zero-order valence-corrected chi connectivity index (χ0v) is 20.4. The second-order valence-corrected chi connectivity index (χ2v) is 8.50. The number of piperidine rings is 1. The largest absolute Gasteiger partial charge is 0.369 e. The summed E-state index contributed by atoms with van der Waals surface area (Å²) >= 11 is 0. The summed E-state index contributed by atoms with van der Waals surface area (Å²) in [5, 5.41) is 7.06. The van der Waals surface area contributed by atoms with Crippen LogP contribution in [0.1, 0.15) is 46.5 Å². The van der Waals surface area contributed by atoms with E-state index in [1.54, 1.807) is 0 Å². The summed E-state index contributed by atoms with van der Waals surface area (Å²) in [4.78, 5) is 20.6. The molecule has 0 saturated carbocycles. The number of amides is 1. The van der Waals surface area contributed by atoms with Crippen LogP contribution in [0.25, 0.3) is 0 Å². The van der Waals surface area contributed by atoms with Crippen LogP contribution in [0.3, 0.4) is 0 Å². The number of hydrogen-bond acceptors (Lipinski definition) is 4. The van der Waals surface area contributed by atoms with E-state index in [9.17, 15) is 4.79 Å². The summed E-state index contributed by atoms with van der Waals surface area (Å²) in [6.45, 7) is 13.1. The van der Waals surface area contributed by atoms with Gasteiger partial charge in [-0.25, -0.2) is 0 Å². The number of aliphatic imine (C=N–C) groups is 1. The zero-order valence-electron chi connectivity index (χ0n) is 18.1. The minimum atomic E-state index is -0.133. The number of nitrogens with one attached hydrogen (secondary N) is 2. The number of nitrogens with zero attached hydrogens (tertiary/aromatic N) is 3. The highest BCUT2D eigenvalue weighted by atomic mass is 127. The summed E-state index contributed by atoms with van der Waals surface area (Å²) in [6.07, 6.45) is 4.11. The molecule has 28 heavy (non-hydrogen) atoms. The first kappa shape index (κ1) is 25.4. The fourth-order valence-corrected chi connectivity index (χ4v) is 4.09. The Bertz CT molecular complexity index is 493. The molecule has 0 aliphatic carbocycles. The number of hydrogen-bond donors (Lipinski definition) is 3. The van der Waals surface area contributed by atoms with Crippen LogP contribution < -0.4 is 16.4 Å². The van der Waals surface area contributed by atoms with Crippen LogP contribution in [0.2, 0.25) is 0 Å². The van der Waals surface area contributed by atoms with Crippen LogP contribution in [-0.2, 0) is 4.79 Å². The van der Waals surface area contributed by atoms with Crippen LogP contribution in [0.4, 0.5) is 0 Å². The minimum absolute atomic E-state index is 0. The second kappa shape index (κ2) is 12.8. The number of unbranched alkanes of at least 4 members (excludes halogenated alkanes) is 1. The van der Waals surface area contributed by atoms with E-state index in [1.165, 1.54) is 0 Å². The molecule has 2 aliphatic heterocycles. The highest BCUT2D eigenvalue weighted by molar-refractivity contribution is 14.0. The molecule has 0 radical (unpaired) electrons. The third kappa shape index (κ3) is 8.02. The molecule has 0 aromatic rings. The quantitative estimate of drug-likeness (QED) is 0.200. The lowest BCUT2D eigenvalue weighted by molar-refractivity contribution is -0.123. The van der Waals surface area contributed by atoms with E-state index in [1.807, 2.05) is 7.05 Å². The molecule has 8 heteroatoms. The van der Waals surface area contributed by atoms with Gasteiger partial charge in [-0.05, 0) is 65.1 Å². The molecule has 0 aromatic heterocycles. The molecule has 2 atom stereocenters. The standard InChI is InChI=1S/C20H40N6O.HI/c1-15(2)26-13-16(3)18(14-26)24-20(22-4)23-9-5-6-10-25-11-7-17(8-12-25)19(21)27;/h15-18H,5-14H2,1-4H3,(H2,21,27)(H2,22,23,24);1H. The molecule has 2 saturated heterocycles. The molecule has 0 spiro atoms. The Morgan fingerprint density at radius 2 is 1.89 bits per heavy atom. The minimum Gasteiger partial charge on any atom is -0.369 e. The molecule has 2 aliphatic rings. The van der Waals surface area contributed by atoms with Gasteiger partial charge in [0.05, 0.1) is 0 Å². The molecule has 2 fully saturated rings. The molecule has 7 nitrogen and oxygen atoms in total. The van der Waals surface area contributed by atoms with Gasteiger partial charge in [-0.3, -0.25) is 14.7 Å². The summed E-state index contributed by atoms with van der Waals surface area (Å²) in [5.41, 5.74) is 5.40. The Hall–Kier alpha value is -0.610. The maximum Gasteiger partial charge on any atom is 0.220 e. The van der Waals surface area contributed by atoms with Gasteiger partial charge < -0.3 is 21.3 Å². The van der Waals surface area contributed by atoms with Crippen molar-refractivity contribution in [1.29, 1.82) is 0 Å². The molecule has 2 unspecified atom stereocenters. The van der Waals surface area contributed by atoms with Crippen LogP contribution in [-0.4, -0.2) is 80.1 Å². The lowest BCUT2D eigenvalue weighted by Gasteiger charge is -2.30. The van der Waals surface area contributed by atoms with Crippen molar-refractivity contribution in [1.82, 2.24) is 20.4 Å². The first-order valence-electron chi connectivity index (χ1n) is 10.6. The topological polar surface area (TPSA) is 86.0 Å². The van der Waals surface area contributed by atoms with Gasteiger partial charge in [-0.1, -0.05) is 6.92 Å². The van der Waals surface area contributed by atoms with Crippen molar-refractivity contribution in [2.24, 2.45) is 22.6 Å². The van der Waals surface area contributed by atoms with Crippen molar-refractivity contribution in [2.45, 2.75) is 58.5 Å². The number of halogens is 1. The van der Waals surface area contributed by atoms with Gasteiger partial charge >= 0.3 is 0 Å². The lowest BCUT2D eigenvalue weighted by atomic mass is 9.96. The Labute approximate surface area is 188 Å². The number of carbonyl (C=O) groups is 1. The molecule has 2 heterocycles. The van der Waals surface area contributed by atoms with Crippen LogP contribution >= 0.6 is 24.0 Å². The molecule has 0 aromatic carbocycles. The van der Waals surface area contributed by atoms with Gasteiger partial charge in [0.2, 0.25) is 5.91 Å². The molecule has 4 N–H and O–H groups in total. The molecular weight excluding hydrogens is 467 g/mol. The van der Waals surface area contributed by atoms with E-state index in [0.717, 1.165) is 70.9 Å². The van der Waals surface area contributed by atoms with Gasteiger partial charge in [0.15, 0.2) is 5.96 Å². The van der Waals surface area contributed by atoms with Gasteiger partial charge in [-0.2, -0.15) is 0 Å². The number of rotatable bonds is 8. The first-order valence-corrected chi connectivity index (χ1v) is 10.6. The summed E-state index contributed by atoms with van der Waals surface area (Å²) in [5.74, 6) is 1.50. The van der Waals surface area contributed by atoms with Crippen LogP contribution in [0, 0.1) is 11.8 Å². The molecule has 0 bridgehead atoms. The Morgan fingerprint density at radius 1 is 1.21 bits per heavy atom. The number of nitrogens with two attached hydrogens (primary N) is 1. The summed E-state index contributed by atoms with van der Waals surface area (Å²) < 4.78 is 0. The monoisotopic (exact) mass is 508 g/mol. The van der Waals surface area contributed by atoms with E-state index in [-0.39, 0.29) is 35.8 Å². The predicted octanol–water partition coefficient (Wildman–Crippen LogP) is 1.48. The number of primary amides is 1. The first-order chi connectivity index (χ1) is 12.9. The maximum absolute atomic E-state index is 11.2. The van der Waals surface area contributed by atoms with Crippen molar-refractivity contribution in [3.05, 3.63) is 0 Å². The van der Waals surface area contributed by atoms with E-state index in [2.05, 4.69) is 46.2 Å². The van der Waals surface area contributed by atoms with Gasteiger partial charge in [0.25, 0.3) is 0 Å². The third-order valence-corrected chi connectivity index (χ3v) is 6.10. The second-order valence-electron chi connectivity index (χ2n) is 8.50. The molecule has 2 rings (SSSR count). The molecule has 164 valence electrons. The predicted molar refractivity (Wildman–Crippen MR) is 127 cm³/mol. The highest BCUT2D eigenvalue weighted by Crippen LogP contribution is 2.19. The number of guanidine groups is 1. The molecular formula is C20H41IN6O. The maximum atomic E-state index is 11.2. The number of likely N-dealkylation sites (tertiary alicyclic amines) is 2.